The molecule has 4 heteroatoms. The van der Waals surface area contributed by atoms with Crippen LogP contribution in [-0.2, 0) is 0 Å². The molecule has 58 valence electrons. The molecular formula is C6H10I2N2. The van der Waals surface area contributed by atoms with Gasteiger partial charge in [-0.05, 0) is 18.2 Å². The first kappa shape index (κ1) is 12.9. The van der Waals surface area contributed by atoms with Crippen LogP contribution in [0.3, 0.4) is 0 Å². The number of rotatable bonds is 0. The zero-order valence-electron chi connectivity index (χ0n) is 5.28. The zero-order chi connectivity index (χ0) is 5.98. The normalized spacial score (nSPS) is 7.20. The SMILES string of the molecule is I.I.Nc1cccc(N)c1. The molecule has 0 aromatic heterocycles. The quantitative estimate of drug-likeness (QED) is 0.547. The molecule has 0 radical (unpaired) electrons. The molecule has 4 N–H and O–H groups in total. The highest BCUT2D eigenvalue weighted by molar-refractivity contribution is 14.0. The van der Waals surface area contributed by atoms with Crippen LogP contribution in [0.15, 0.2) is 24.3 Å². The van der Waals surface area contributed by atoms with Crippen LogP contribution < -0.4 is 11.5 Å². The summed E-state index contributed by atoms with van der Waals surface area (Å²) in [6.45, 7) is 0. The Labute approximate surface area is 94.4 Å². The summed E-state index contributed by atoms with van der Waals surface area (Å²) in [6.07, 6.45) is 0. The number of nitrogen functional groups attached to an aromatic ring is 2. The van der Waals surface area contributed by atoms with Crippen molar-refractivity contribution in [3.63, 3.8) is 0 Å². The van der Waals surface area contributed by atoms with E-state index >= 15 is 0 Å². The Morgan fingerprint density at radius 3 is 1.50 bits per heavy atom. The van der Waals surface area contributed by atoms with Gasteiger partial charge in [0.2, 0.25) is 0 Å². The third kappa shape index (κ3) is 4.15. The summed E-state index contributed by atoms with van der Waals surface area (Å²) in [6, 6.07) is 7.15. The fraction of sp³-hybridized carbons (Fsp3) is 0. The van der Waals surface area contributed by atoms with Gasteiger partial charge in [-0.15, -0.1) is 48.0 Å². The van der Waals surface area contributed by atoms with Gasteiger partial charge in [0.25, 0.3) is 0 Å². The fourth-order valence-corrected chi connectivity index (χ4v) is 0.559. The smallest absolute Gasteiger partial charge is 0.0334 e. The van der Waals surface area contributed by atoms with Gasteiger partial charge >= 0.3 is 0 Å². The Balaban J connectivity index is 0. The number of hydrogen-bond acceptors (Lipinski definition) is 2. The second-order valence-corrected chi connectivity index (χ2v) is 1.67. The van der Waals surface area contributed by atoms with E-state index in [0.29, 0.717) is 11.4 Å². The Morgan fingerprint density at radius 2 is 1.30 bits per heavy atom. The topological polar surface area (TPSA) is 52.0 Å². The molecule has 0 unspecified atom stereocenters. The van der Waals surface area contributed by atoms with Crippen molar-refractivity contribution in [2.24, 2.45) is 0 Å². The Hall–Kier alpha value is 0.280. The summed E-state index contributed by atoms with van der Waals surface area (Å²) in [4.78, 5) is 0. The van der Waals surface area contributed by atoms with Crippen LogP contribution in [0, 0.1) is 0 Å². The fourth-order valence-electron chi connectivity index (χ4n) is 0.559. The van der Waals surface area contributed by atoms with Crippen molar-refractivity contribution in [1.29, 1.82) is 0 Å². The Bertz CT molecular complexity index is 174. The second-order valence-electron chi connectivity index (χ2n) is 1.67. The van der Waals surface area contributed by atoms with Crippen molar-refractivity contribution >= 4 is 59.3 Å². The van der Waals surface area contributed by atoms with E-state index in [1.807, 2.05) is 6.07 Å². The molecule has 0 saturated carbocycles. The molecule has 0 bridgehead atoms. The van der Waals surface area contributed by atoms with E-state index in [2.05, 4.69) is 0 Å². The van der Waals surface area contributed by atoms with Crippen LogP contribution in [0.1, 0.15) is 0 Å². The summed E-state index contributed by atoms with van der Waals surface area (Å²) in [5, 5.41) is 0. The van der Waals surface area contributed by atoms with E-state index in [4.69, 9.17) is 11.5 Å². The maximum atomic E-state index is 5.38. The van der Waals surface area contributed by atoms with Gasteiger partial charge in [-0.3, -0.25) is 0 Å². The molecule has 0 aliphatic rings. The first-order valence-corrected chi connectivity index (χ1v) is 2.40. The summed E-state index contributed by atoms with van der Waals surface area (Å²) < 4.78 is 0. The molecule has 1 aromatic carbocycles. The number of nitrogens with two attached hydrogens (primary N) is 2. The van der Waals surface area contributed by atoms with Crippen LogP contribution in [0.4, 0.5) is 11.4 Å². The first-order chi connectivity index (χ1) is 3.79. The molecule has 1 aromatic rings. The molecule has 0 saturated heterocycles. The van der Waals surface area contributed by atoms with Gasteiger partial charge in [0.15, 0.2) is 0 Å². The van der Waals surface area contributed by atoms with Gasteiger partial charge in [-0.2, -0.15) is 0 Å². The minimum atomic E-state index is 0. The van der Waals surface area contributed by atoms with Gasteiger partial charge in [-0.1, -0.05) is 6.07 Å². The lowest BCUT2D eigenvalue weighted by Gasteiger charge is -1.91. The minimum Gasteiger partial charge on any atom is -0.399 e. The van der Waals surface area contributed by atoms with Crippen molar-refractivity contribution in [3.8, 4) is 0 Å². The standard InChI is InChI=1S/C6H8N2.2HI/c7-5-2-1-3-6(8)4-5;;/h1-4H,7-8H2;2*1H. The molecule has 0 spiro atoms. The zero-order valence-corrected chi connectivity index (χ0v) is 9.94. The summed E-state index contributed by atoms with van der Waals surface area (Å²) in [7, 11) is 0. The van der Waals surface area contributed by atoms with E-state index in [1.165, 1.54) is 0 Å². The number of halogens is 2. The summed E-state index contributed by atoms with van der Waals surface area (Å²) >= 11 is 0. The van der Waals surface area contributed by atoms with E-state index in [-0.39, 0.29) is 48.0 Å². The molecule has 0 atom stereocenters. The summed E-state index contributed by atoms with van der Waals surface area (Å²) in [5.74, 6) is 0. The Morgan fingerprint density at radius 1 is 0.900 bits per heavy atom. The lowest BCUT2D eigenvalue weighted by molar-refractivity contribution is 1.67. The van der Waals surface area contributed by atoms with Gasteiger partial charge < -0.3 is 11.5 Å². The molecule has 0 aliphatic carbocycles. The third-order valence-corrected chi connectivity index (χ3v) is 0.911. The van der Waals surface area contributed by atoms with Crippen molar-refractivity contribution in [2.45, 2.75) is 0 Å². The van der Waals surface area contributed by atoms with E-state index in [0.717, 1.165) is 0 Å². The molecule has 2 nitrogen and oxygen atoms in total. The molecule has 10 heavy (non-hydrogen) atoms. The third-order valence-electron chi connectivity index (χ3n) is 0.911. The molecule has 1 rings (SSSR count). The van der Waals surface area contributed by atoms with E-state index in [1.54, 1.807) is 18.2 Å². The molecule has 0 aliphatic heterocycles. The highest BCUT2D eigenvalue weighted by atomic mass is 127. The molecule has 0 fully saturated rings. The number of anilines is 2. The monoisotopic (exact) mass is 364 g/mol. The predicted octanol–water partition coefficient (Wildman–Crippen LogP) is 2.09. The largest absolute Gasteiger partial charge is 0.399 e. The van der Waals surface area contributed by atoms with Crippen LogP contribution in [0.25, 0.3) is 0 Å². The molecule has 0 heterocycles. The average molecular weight is 364 g/mol. The van der Waals surface area contributed by atoms with Crippen molar-refractivity contribution in [3.05, 3.63) is 24.3 Å². The molecule has 0 amide bonds. The van der Waals surface area contributed by atoms with Crippen molar-refractivity contribution < 1.29 is 0 Å². The highest BCUT2D eigenvalue weighted by Gasteiger charge is 1.81. The van der Waals surface area contributed by atoms with Gasteiger partial charge in [0.05, 0.1) is 0 Å². The van der Waals surface area contributed by atoms with Crippen LogP contribution >= 0.6 is 48.0 Å². The second kappa shape index (κ2) is 6.02. The van der Waals surface area contributed by atoms with Crippen LogP contribution in [0.5, 0.6) is 0 Å². The first-order valence-electron chi connectivity index (χ1n) is 2.40. The number of benzene rings is 1. The predicted molar refractivity (Wildman–Crippen MR) is 66.1 cm³/mol. The Kier molecular flexibility index (Phi) is 7.77. The highest BCUT2D eigenvalue weighted by Crippen LogP contribution is 2.06. The van der Waals surface area contributed by atoms with Crippen molar-refractivity contribution in [1.82, 2.24) is 0 Å². The minimum absolute atomic E-state index is 0. The van der Waals surface area contributed by atoms with E-state index < -0.39 is 0 Å². The van der Waals surface area contributed by atoms with Crippen LogP contribution in [0.2, 0.25) is 0 Å². The number of hydrogen-bond donors (Lipinski definition) is 2. The maximum absolute atomic E-state index is 5.38. The average Bonchev–Trinajstić information content (AvgIpc) is 1.64. The molecular weight excluding hydrogens is 354 g/mol. The van der Waals surface area contributed by atoms with E-state index in [9.17, 15) is 0 Å². The van der Waals surface area contributed by atoms with Gasteiger partial charge in [0.1, 0.15) is 0 Å². The summed E-state index contributed by atoms with van der Waals surface area (Å²) in [5.41, 5.74) is 12.2. The maximum Gasteiger partial charge on any atom is 0.0334 e. The van der Waals surface area contributed by atoms with Crippen molar-refractivity contribution in [2.75, 3.05) is 11.5 Å². The lowest BCUT2D eigenvalue weighted by atomic mass is 10.3. The van der Waals surface area contributed by atoms with Crippen LogP contribution in [-0.4, -0.2) is 0 Å². The lowest BCUT2D eigenvalue weighted by Crippen LogP contribution is -1.87. The van der Waals surface area contributed by atoms with Gasteiger partial charge in [0, 0.05) is 11.4 Å². The van der Waals surface area contributed by atoms with Gasteiger partial charge in [-0.25, -0.2) is 0 Å².